The van der Waals surface area contributed by atoms with Crippen molar-refractivity contribution in [2.45, 2.75) is 83.5 Å². The van der Waals surface area contributed by atoms with Crippen molar-refractivity contribution in [1.82, 2.24) is 16.0 Å². The highest BCUT2D eigenvalue weighted by molar-refractivity contribution is 5.92. The van der Waals surface area contributed by atoms with Crippen molar-refractivity contribution in [2.75, 3.05) is 6.54 Å². The number of carbonyl (C=O) groups excluding carboxylic acids is 5. The molecule has 0 saturated carbocycles. The van der Waals surface area contributed by atoms with E-state index in [1.807, 2.05) is 30.3 Å². The predicted octanol–water partition coefficient (Wildman–Crippen LogP) is -1.47. The lowest BCUT2D eigenvalue weighted by atomic mass is 9.85. The Morgan fingerprint density at radius 3 is 2.02 bits per heavy atom. The van der Waals surface area contributed by atoms with Gasteiger partial charge in [-0.15, -0.1) is 0 Å². The van der Waals surface area contributed by atoms with E-state index in [2.05, 4.69) is 20.9 Å². The first kappa shape index (κ1) is 35.8. The van der Waals surface area contributed by atoms with E-state index in [-0.39, 0.29) is 50.0 Å². The van der Waals surface area contributed by atoms with E-state index >= 15 is 0 Å². The minimum absolute atomic E-state index is 0.0137. The number of nitrogens with zero attached hydrogens (tertiary/aromatic N) is 1. The third-order valence-corrected chi connectivity index (χ3v) is 6.71. The molecule has 0 aliphatic heterocycles. The first-order valence-electron chi connectivity index (χ1n) is 13.9. The Kier molecular flexibility index (Phi) is 15.6. The minimum Gasteiger partial charge on any atom is -0.391 e. The van der Waals surface area contributed by atoms with Gasteiger partial charge in [-0.1, -0.05) is 44.2 Å². The smallest absolute Gasteiger partial charge is 0.243 e. The topological polar surface area (TPSA) is 258 Å². The number of aliphatic hydroxyl groups is 1. The normalized spacial score (nSPS) is 14.5. The molecule has 3 unspecified atom stereocenters. The van der Waals surface area contributed by atoms with Gasteiger partial charge in [0.15, 0.2) is 5.96 Å². The molecule has 1 aromatic rings. The summed E-state index contributed by atoms with van der Waals surface area (Å²) >= 11 is 0. The van der Waals surface area contributed by atoms with Crippen LogP contribution in [0.15, 0.2) is 35.3 Å². The van der Waals surface area contributed by atoms with E-state index in [4.69, 9.17) is 22.9 Å². The van der Waals surface area contributed by atoms with Crippen molar-refractivity contribution >= 4 is 35.5 Å². The van der Waals surface area contributed by atoms with Gasteiger partial charge in [0.2, 0.25) is 29.5 Å². The molecular weight excluding hydrogens is 544 g/mol. The summed E-state index contributed by atoms with van der Waals surface area (Å²) in [6.45, 7) is 5.14. The second-order valence-corrected chi connectivity index (χ2v) is 10.6. The number of rotatable bonds is 19. The van der Waals surface area contributed by atoms with Crippen molar-refractivity contribution in [3.8, 4) is 0 Å². The van der Waals surface area contributed by atoms with Crippen LogP contribution in [-0.4, -0.2) is 71.4 Å². The summed E-state index contributed by atoms with van der Waals surface area (Å²) in [5.74, 6) is -4.20. The van der Waals surface area contributed by atoms with Crippen LogP contribution in [0, 0.1) is 11.8 Å². The Morgan fingerprint density at radius 1 is 0.881 bits per heavy atom. The Hall–Kier alpha value is -4.20. The number of carbonyl (C=O) groups is 5. The standard InChI is InChI=1S/C28H46N8O6/c1-16(2)19(15-23(38)22(34-17(3)37)14-18-8-5-4-6-9-18)26(41)36-21(11-12-24(29)39)27(42)35-20(25(30)40)10-7-13-33-28(31)32/h4-6,8-9,16,19-23,38H,7,10-15H2,1-3H3,(H2,29,39)(H2,30,40)(H,34,37)(H,35,42)(H,36,41)(H4,31,32,33)/t19?,20-,21-,22?,23?/m0/s1. The van der Waals surface area contributed by atoms with Gasteiger partial charge in [0.05, 0.1) is 12.1 Å². The Labute approximate surface area is 246 Å². The maximum atomic E-state index is 13.4. The first-order chi connectivity index (χ1) is 19.7. The third kappa shape index (κ3) is 13.9. The summed E-state index contributed by atoms with van der Waals surface area (Å²) in [6, 6.07) is 6.35. The Morgan fingerprint density at radius 2 is 1.50 bits per heavy atom. The zero-order valence-electron chi connectivity index (χ0n) is 24.5. The van der Waals surface area contributed by atoms with Crippen molar-refractivity contribution < 1.29 is 29.1 Å². The number of hydrogen-bond donors (Lipinski definition) is 8. The van der Waals surface area contributed by atoms with Crippen LogP contribution in [0.4, 0.5) is 0 Å². The fourth-order valence-corrected chi connectivity index (χ4v) is 4.41. The summed E-state index contributed by atoms with van der Waals surface area (Å²) in [6.07, 6.45) is -0.607. The second-order valence-electron chi connectivity index (χ2n) is 10.6. The van der Waals surface area contributed by atoms with E-state index < -0.39 is 53.8 Å². The van der Waals surface area contributed by atoms with E-state index in [9.17, 15) is 29.1 Å². The highest BCUT2D eigenvalue weighted by Gasteiger charge is 2.33. The quantitative estimate of drug-likeness (QED) is 0.0534. The number of guanidine groups is 1. The van der Waals surface area contributed by atoms with Crippen LogP contribution in [0.5, 0.6) is 0 Å². The van der Waals surface area contributed by atoms with Gasteiger partial charge < -0.3 is 44.0 Å². The molecule has 0 bridgehead atoms. The molecule has 0 spiro atoms. The summed E-state index contributed by atoms with van der Waals surface area (Å²) in [5.41, 5.74) is 22.2. The monoisotopic (exact) mass is 590 g/mol. The second kappa shape index (κ2) is 18.3. The highest BCUT2D eigenvalue weighted by Crippen LogP contribution is 2.21. The average molecular weight is 591 g/mol. The molecule has 0 aliphatic carbocycles. The molecule has 0 aromatic heterocycles. The molecule has 0 radical (unpaired) electrons. The van der Waals surface area contributed by atoms with E-state index in [1.54, 1.807) is 13.8 Å². The van der Waals surface area contributed by atoms with Crippen molar-refractivity contribution in [3.63, 3.8) is 0 Å². The van der Waals surface area contributed by atoms with Gasteiger partial charge in [0.1, 0.15) is 12.1 Å². The molecule has 5 atom stereocenters. The van der Waals surface area contributed by atoms with E-state index in [0.717, 1.165) is 5.56 Å². The fourth-order valence-electron chi connectivity index (χ4n) is 4.41. The largest absolute Gasteiger partial charge is 0.391 e. The molecule has 12 N–H and O–H groups in total. The molecule has 14 heteroatoms. The molecule has 234 valence electrons. The van der Waals surface area contributed by atoms with Gasteiger partial charge in [0.25, 0.3) is 0 Å². The molecule has 0 aliphatic rings. The number of amides is 5. The van der Waals surface area contributed by atoms with Crippen LogP contribution in [0.3, 0.4) is 0 Å². The number of hydrogen-bond acceptors (Lipinski definition) is 7. The molecule has 14 nitrogen and oxygen atoms in total. The average Bonchev–Trinajstić information content (AvgIpc) is 2.90. The molecule has 0 saturated heterocycles. The molecule has 5 amide bonds. The van der Waals surface area contributed by atoms with Gasteiger partial charge in [-0.3, -0.25) is 29.0 Å². The minimum atomic E-state index is -1.21. The van der Waals surface area contributed by atoms with Crippen LogP contribution < -0.4 is 38.9 Å². The first-order valence-corrected chi connectivity index (χ1v) is 13.9. The molecular formula is C28H46N8O6. The van der Waals surface area contributed by atoms with Crippen molar-refractivity contribution in [3.05, 3.63) is 35.9 Å². The van der Waals surface area contributed by atoms with Gasteiger partial charge in [-0.05, 0) is 43.6 Å². The zero-order chi connectivity index (χ0) is 31.8. The number of aliphatic hydroxyl groups excluding tert-OH is 1. The zero-order valence-corrected chi connectivity index (χ0v) is 24.5. The molecule has 1 rings (SSSR count). The fraction of sp³-hybridized carbons (Fsp3) is 0.571. The number of primary amides is 2. The molecule has 0 heterocycles. The Balaban J connectivity index is 3.05. The summed E-state index contributed by atoms with van der Waals surface area (Å²) in [5, 5.41) is 19.0. The van der Waals surface area contributed by atoms with Gasteiger partial charge in [0, 0.05) is 25.8 Å². The number of benzene rings is 1. The molecule has 1 aromatic carbocycles. The maximum absolute atomic E-state index is 13.4. The van der Waals surface area contributed by atoms with Crippen LogP contribution in [0.1, 0.15) is 58.4 Å². The van der Waals surface area contributed by atoms with Crippen LogP contribution in [0.2, 0.25) is 0 Å². The summed E-state index contributed by atoms with van der Waals surface area (Å²) < 4.78 is 0. The third-order valence-electron chi connectivity index (χ3n) is 6.71. The van der Waals surface area contributed by atoms with Gasteiger partial charge in [-0.25, -0.2) is 0 Å². The lowest BCUT2D eigenvalue weighted by Gasteiger charge is -2.30. The van der Waals surface area contributed by atoms with E-state index in [0.29, 0.717) is 12.8 Å². The SMILES string of the molecule is CC(=O)NC(Cc1ccccc1)C(O)CC(C(=O)N[C@@H](CCC(N)=O)C(=O)N[C@@H](CCCN=C(N)N)C(N)=O)C(C)C. The summed E-state index contributed by atoms with van der Waals surface area (Å²) in [7, 11) is 0. The number of nitrogens with two attached hydrogens (primary N) is 4. The molecule has 0 fully saturated rings. The van der Waals surface area contributed by atoms with Gasteiger partial charge in [-0.2, -0.15) is 0 Å². The summed E-state index contributed by atoms with van der Waals surface area (Å²) in [4.78, 5) is 65.7. The molecule has 42 heavy (non-hydrogen) atoms. The van der Waals surface area contributed by atoms with Crippen LogP contribution in [-0.2, 0) is 30.4 Å². The lowest BCUT2D eigenvalue weighted by molar-refractivity contribution is -0.134. The van der Waals surface area contributed by atoms with Crippen molar-refractivity contribution in [1.29, 1.82) is 0 Å². The highest BCUT2D eigenvalue weighted by atomic mass is 16.3. The predicted molar refractivity (Wildman–Crippen MR) is 158 cm³/mol. The van der Waals surface area contributed by atoms with Crippen LogP contribution >= 0.6 is 0 Å². The van der Waals surface area contributed by atoms with Crippen LogP contribution in [0.25, 0.3) is 0 Å². The number of nitrogens with one attached hydrogen (secondary N) is 3. The maximum Gasteiger partial charge on any atom is 0.243 e. The van der Waals surface area contributed by atoms with E-state index in [1.165, 1.54) is 6.92 Å². The Bertz CT molecular complexity index is 1080. The van der Waals surface area contributed by atoms with Crippen molar-refractivity contribution in [2.24, 2.45) is 39.8 Å². The number of aliphatic imine (C=N–C) groups is 1. The lowest BCUT2D eigenvalue weighted by Crippen LogP contribution is -2.54. The van der Waals surface area contributed by atoms with Gasteiger partial charge >= 0.3 is 0 Å².